The molecule has 0 amide bonds. The molecule has 0 aliphatic carbocycles. The van der Waals surface area contributed by atoms with Gasteiger partial charge in [0.1, 0.15) is 22.3 Å². The number of fused-ring (bicyclic) bond motifs is 10. The van der Waals surface area contributed by atoms with E-state index in [0.717, 1.165) is 99.5 Å². The average molecular weight is 827 g/mol. The molecule has 2 heterocycles. The van der Waals surface area contributed by atoms with Gasteiger partial charge in [0.2, 0.25) is 0 Å². The number of benzene rings is 9. The minimum atomic E-state index is 0.402. The van der Waals surface area contributed by atoms with E-state index >= 15 is 0 Å². The number of furan rings is 2. The molecule has 6 heteroatoms. The van der Waals surface area contributed by atoms with E-state index in [9.17, 15) is 10.5 Å². The number of anilines is 6. The van der Waals surface area contributed by atoms with Crippen molar-refractivity contribution in [1.29, 1.82) is 10.5 Å². The molecule has 0 N–H and O–H groups in total. The molecular weight excluding hydrogens is 785 g/mol. The van der Waals surface area contributed by atoms with Crippen molar-refractivity contribution in [3.05, 3.63) is 192 Å². The highest BCUT2D eigenvalue weighted by Crippen LogP contribution is 2.48. The maximum absolute atomic E-state index is 9.64. The Hall–Kier alpha value is -8.32. The van der Waals surface area contributed by atoms with Crippen molar-refractivity contribution in [2.24, 2.45) is 0 Å². The molecule has 0 unspecified atom stereocenters. The lowest BCUT2D eigenvalue weighted by Gasteiger charge is -2.27. The molecule has 0 atom stereocenters. The quantitative estimate of drug-likeness (QED) is 0.152. The highest BCUT2D eigenvalue weighted by atomic mass is 16.3. The number of hydrogen-bond donors (Lipinski definition) is 0. The van der Waals surface area contributed by atoms with Crippen molar-refractivity contribution < 1.29 is 8.83 Å². The fraction of sp³-hybridized carbons (Fsp3) is 0.103. The third kappa shape index (κ3) is 6.31. The average Bonchev–Trinajstić information content (AvgIpc) is 3.88. The Balaban J connectivity index is 1.12. The summed E-state index contributed by atoms with van der Waals surface area (Å²) in [5.41, 5.74) is 12.7. The minimum Gasteiger partial charge on any atom is -0.456 e. The van der Waals surface area contributed by atoms with Gasteiger partial charge in [0.05, 0.1) is 34.6 Å². The SMILES string of the molecule is CC(C)c1ccc(N(c2ccc(C#N)cc2)c2cc3oc4cc5c(cc4c3c3ccccc23)oc2cc(N(c3ccc(C#N)cc3)c3ccc(C(C)C)cc3)c3ccccc3c25)cc1. The Labute approximate surface area is 371 Å². The first-order valence-electron chi connectivity index (χ1n) is 21.7. The van der Waals surface area contributed by atoms with Crippen molar-refractivity contribution in [3.63, 3.8) is 0 Å². The van der Waals surface area contributed by atoms with Gasteiger partial charge in [-0.25, -0.2) is 0 Å². The van der Waals surface area contributed by atoms with Crippen LogP contribution in [0.2, 0.25) is 0 Å². The molecule has 11 aromatic rings. The van der Waals surface area contributed by atoms with E-state index in [4.69, 9.17) is 8.83 Å². The third-order valence-electron chi connectivity index (χ3n) is 12.7. The minimum absolute atomic E-state index is 0.402. The molecule has 0 aliphatic rings. The molecule has 306 valence electrons. The van der Waals surface area contributed by atoms with E-state index in [-0.39, 0.29) is 0 Å². The van der Waals surface area contributed by atoms with Gasteiger partial charge < -0.3 is 18.6 Å². The van der Waals surface area contributed by atoms with Gasteiger partial charge >= 0.3 is 0 Å². The Morgan fingerprint density at radius 2 is 0.703 bits per heavy atom. The van der Waals surface area contributed by atoms with Crippen LogP contribution in [-0.4, -0.2) is 0 Å². The fourth-order valence-electron chi connectivity index (χ4n) is 9.35. The predicted octanol–water partition coefficient (Wildman–Crippen LogP) is 16.7. The molecule has 9 aromatic carbocycles. The van der Waals surface area contributed by atoms with Crippen LogP contribution in [0.15, 0.2) is 179 Å². The van der Waals surface area contributed by atoms with Gasteiger partial charge in [-0.05, 0) is 119 Å². The van der Waals surface area contributed by atoms with Crippen LogP contribution in [0.1, 0.15) is 61.8 Å². The molecule has 0 aliphatic heterocycles. The zero-order valence-electron chi connectivity index (χ0n) is 35.9. The summed E-state index contributed by atoms with van der Waals surface area (Å²) < 4.78 is 13.9. The second-order valence-electron chi connectivity index (χ2n) is 17.2. The molecule has 0 saturated carbocycles. The second-order valence-corrected chi connectivity index (χ2v) is 17.2. The summed E-state index contributed by atoms with van der Waals surface area (Å²) in [6.07, 6.45) is 0. The predicted molar refractivity (Wildman–Crippen MR) is 263 cm³/mol. The Morgan fingerprint density at radius 3 is 1.03 bits per heavy atom. The smallest absolute Gasteiger partial charge is 0.138 e. The van der Waals surface area contributed by atoms with Crippen molar-refractivity contribution in [1.82, 2.24) is 0 Å². The van der Waals surface area contributed by atoms with E-state index in [1.807, 2.05) is 48.5 Å². The zero-order valence-corrected chi connectivity index (χ0v) is 35.9. The first-order chi connectivity index (χ1) is 31.3. The molecule has 64 heavy (non-hydrogen) atoms. The molecule has 0 spiro atoms. The molecule has 2 aromatic heterocycles. The number of nitrogens with zero attached hydrogens (tertiary/aromatic N) is 4. The van der Waals surface area contributed by atoms with Crippen LogP contribution in [0.3, 0.4) is 0 Å². The van der Waals surface area contributed by atoms with E-state index < -0.39 is 0 Å². The topological polar surface area (TPSA) is 80.3 Å². The van der Waals surface area contributed by atoms with Crippen LogP contribution in [0.4, 0.5) is 34.1 Å². The molecule has 6 nitrogen and oxygen atoms in total. The summed E-state index contributed by atoms with van der Waals surface area (Å²) in [5, 5.41) is 27.5. The third-order valence-corrected chi connectivity index (χ3v) is 12.7. The number of rotatable bonds is 8. The molecular formula is C58H42N4O2. The van der Waals surface area contributed by atoms with E-state index in [2.05, 4.69) is 171 Å². The van der Waals surface area contributed by atoms with Gasteiger partial charge in [-0.2, -0.15) is 10.5 Å². The maximum atomic E-state index is 9.64. The lowest BCUT2D eigenvalue weighted by molar-refractivity contribution is 0.664. The normalized spacial score (nSPS) is 11.7. The Bertz CT molecular complexity index is 3430. The number of nitriles is 2. The Kier molecular flexibility index (Phi) is 9.19. The van der Waals surface area contributed by atoms with Gasteiger partial charge in [0, 0.05) is 67.2 Å². The van der Waals surface area contributed by atoms with E-state index in [1.165, 1.54) is 11.1 Å². The largest absolute Gasteiger partial charge is 0.456 e. The lowest BCUT2D eigenvalue weighted by atomic mass is 9.98. The molecule has 0 fully saturated rings. The molecule has 0 radical (unpaired) electrons. The van der Waals surface area contributed by atoms with Crippen LogP contribution in [0, 0.1) is 22.7 Å². The summed E-state index contributed by atoms with van der Waals surface area (Å²) in [5.74, 6) is 0.803. The van der Waals surface area contributed by atoms with Crippen molar-refractivity contribution in [3.8, 4) is 12.1 Å². The zero-order chi connectivity index (χ0) is 43.6. The summed E-state index contributed by atoms with van der Waals surface area (Å²) in [6.45, 7) is 8.82. The number of hydrogen-bond acceptors (Lipinski definition) is 6. The Morgan fingerprint density at radius 1 is 0.375 bits per heavy atom. The monoisotopic (exact) mass is 826 g/mol. The lowest BCUT2D eigenvalue weighted by Crippen LogP contribution is -2.10. The van der Waals surface area contributed by atoms with Gasteiger partial charge in [0.25, 0.3) is 0 Å². The van der Waals surface area contributed by atoms with Crippen LogP contribution in [0.5, 0.6) is 0 Å². The first kappa shape index (κ1) is 38.6. The fourth-order valence-corrected chi connectivity index (χ4v) is 9.35. The summed E-state index contributed by atoms with van der Waals surface area (Å²) in [4.78, 5) is 4.51. The van der Waals surface area contributed by atoms with Crippen LogP contribution in [0.25, 0.3) is 65.4 Å². The van der Waals surface area contributed by atoms with Gasteiger partial charge in [-0.15, -0.1) is 0 Å². The second kappa shape index (κ2) is 15.2. The van der Waals surface area contributed by atoms with Crippen LogP contribution < -0.4 is 9.80 Å². The molecule has 0 bridgehead atoms. The van der Waals surface area contributed by atoms with Crippen molar-refractivity contribution >= 4 is 99.5 Å². The van der Waals surface area contributed by atoms with Crippen molar-refractivity contribution in [2.45, 2.75) is 39.5 Å². The van der Waals surface area contributed by atoms with Crippen LogP contribution in [-0.2, 0) is 0 Å². The molecule has 0 saturated heterocycles. The summed E-state index contributed by atoms with van der Waals surface area (Å²) in [7, 11) is 0. The van der Waals surface area contributed by atoms with Crippen molar-refractivity contribution in [2.75, 3.05) is 9.80 Å². The maximum Gasteiger partial charge on any atom is 0.138 e. The van der Waals surface area contributed by atoms with Gasteiger partial charge in [-0.3, -0.25) is 0 Å². The summed E-state index contributed by atoms with van der Waals surface area (Å²) in [6, 6.07) is 63.1. The van der Waals surface area contributed by atoms with Gasteiger partial charge in [0.15, 0.2) is 0 Å². The first-order valence-corrected chi connectivity index (χ1v) is 21.7. The van der Waals surface area contributed by atoms with Crippen LogP contribution >= 0.6 is 0 Å². The van der Waals surface area contributed by atoms with E-state index in [1.54, 1.807) is 0 Å². The highest BCUT2D eigenvalue weighted by molar-refractivity contribution is 6.28. The summed E-state index contributed by atoms with van der Waals surface area (Å²) >= 11 is 0. The molecule has 11 rings (SSSR count). The van der Waals surface area contributed by atoms with Gasteiger partial charge in [-0.1, -0.05) is 100 Å². The van der Waals surface area contributed by atoms with E-state index in [0.29, 0.717) is 23.0 Å². The standard InChI is InChI=1S/C58H42N4O2/c1-35(2)39-17-25-43(26-18-39)61(41-21-13-37(33-59)14-22-41)51-31-55-57(47-11-7-5-9-45(47)51)49-29-54-50(30-53(49)63-55)58-48-12-8-6-10-46(48)52(32-56(58)64-54)62(42-23-15-38(34-60)16-24-42)44-27-19-40(20-28-44)36(3)4/h5-32,35-36H,1-4H3. The highest BCUT2D eigenvalue weighted by Gasteiger charge is 2.24.